The highest BCUT2D eigenvalue weighted by Crippen LogP contribution is 2.14. The largest absolute Gasteiger partial charge is 0.464 e. The summed E-state index contributed by atoms with van der Waals surface area (Å²) in [5.41, 5.74) is 1.05. The number of carbonyl (C=O) groups excluding carboxylic acids is 1. The fourth-order valence-electron chi connectivity index (χ4n) is 1.54. The third kappa shape index (κ3) is 7.69. The second-order valence-corrected chi connectivity index (χ2v) is 5.10. The minimum absolute atomic E-state index is 0.0118. The van der Waals surface area contributed by atoms with Crippen molar-refractivity contribution in [3.63, 3.8) is 0 Å². The van der Waals surface area contributed by atoms with Crippen molar-refractivity contribution in [3.8, 4) is 0 Å². The Balaban J connectivity index is 4.13. The summed E-state index contributed by atoms with van der Waals surface area (Å²) in [7, 11) is 1.83. The Labute approximate surface area is 115 Å². The van der Waals surface area contributed by atoms with Crippen molar-refractivity contribution >= 4 is 17.7 Å². The van der Waals surface area contributed by atoms with Gasteiger partial charge in [-0.25, -0.2) is 9.21 Å². The van der Waals surface area contributed by atoms with E-state index in [4.69, 9.17) is 21.3 Å². The lowest BCUT2D eigenvalue weighted by atomic mass is 10.0. The minimum Gasteiger partial charge on any atom is -0.464 e. The van der Waals surface area contributed by atoms with Gasteiger partial charge in [-0.3, -0.25) is 0 Å². The SMILES string of the molecule is CCOC(=O)COC/C(C)=C/[C@H](C(C)C)N(C)Cl. The summed E-state index contributed by atoms with van der Waals surface area (Å²) in [4.78, 5) is 11.1. The van der Waals surface area contributed by atoms with Crippen molar-refractivity contribution in [3.05, 3.63) is 11.6 Å². The molecule has 0 spiro atoms. The number of hydrogen-bond acceptors (Lipinski definition) is 4. The maximum atomic E-state index is 11.1. The second-order valence-electron chi connectivity index (χ2n) is 4.57. The summed E-state index contributed by atoms with van der Waals surface area (Å²) in [5.74, 6) is 0.0766. The van der Waals surface area contributed by atoms with Gasteiger partial charge in [0.25, 0.3) is 0 Å². The molecule has 4 nitrogen and oxygen atoms in total. The van der Waals surface area contributed by atoms with Crippen molar-refractivity contribution in [2.75, 3.05) is 26.9 Å². The molecule has 0 amide bonds. The number of hydrogen-bond donors (Lipinski definition) is 0. The number of likely N-dealkylation sites (N-methyl/N-ethyl adjacent to an activating group) is 1. The first-order chi connectivity index (χ1) is 8.38. The number of carbonyl (C=O) groups is 1. The molecule has 0 aromatic heterocycles. The molecule has 0 N–H and O–H groups in total. The van der Waals surface area contributed by atoms with E-state index in [0.717, 1.165) is 5.57 Å². The quantitative estimate of drug-likeness (QED) is 0.388. The van der Waals surface area contributed by atoms with Crippen molar-refractivity contribution in [2.45, 2.75) is 33.7 Å². The molecule has 0 aromatic rings. The van der Waals surface area contributed by atoms with Crippen molar-refractivity contribution in [1.82, 2.24) is 4.42 Å². The van der Waals surface area contributed by atoms with Gasteiger partial charge in [-0.2, -0.15) is 0 Å². The zero-order chi connectivity index (χ0) is 14.1. The first-order valence-corrected chi connectivity index (χ1v) is 6.51. The molecular formula is C13H24ClNO3. The Bertz CT molecular complexity index is 269. The second kappa shape index (κ2) is 9.36. The van der Waals surface area contributed by atoms with Crippen LogP contribution >= 0.6 is 11.8 Å². The van der Waals surface area contributed by atoms with E-state index in [1.807, 2.05) is 14.0 Å². The Morgan fingerprint density at radius 3 is 2.44 bits per heavy atom. The highest BCUT2D eigenvalue weighted by molar-refractivity contribution is 6.13. The lowest BCUT2D eigenvalue weighted by molar-refractivity contribution is -0.148. The van der Waals surface area contributed by atoms with Gasteiger partial charge in [-0.05, 0) is 31.5 Å². The van der Waals surface area contributed by atoms with Crippen LogP contribution in [0.15, 0.2) is 11.6 Å². The van der Waals surface area contributed by atoms with E-state index >= 15 is 0 Å². The van der Waals surface area contributed by atoms with E-state index in [1.54, 1.807) is 11.3 Å². The molecule has 0 unspecified atom stereocenters. The van der Waals surface area contributed by atoms with E-state index in [9.17, 15) is 4.79 Å². The van der Waals surface area contributed by atoms with Gasteiger partial charge < -0.3 is 9.47 Å². The molecule has 0 aliphatic heterocycles. The van der Waals surface area contributed by atoms with Crippen LogP contribution in [0, 0.1) is 5.92 Å². The summed E-state index contributed by atoms with van der Waals surface area (Å²) in [5, 5.41) is 0. The summed E-state index contributed by atoms with van der Waals surface area (Å²) >= 11 is 5.98. The smallest absolute Gasteiger partial charge is 0.332 e. The maximum absolute atomic E-state index is 11.1. The summed E-state index contributed by atoms with van der Waals surface area (Å²) in [6, 6.07) is 0.151. The monoisotopic (exact) mass is 277 g/mol. The van der Waals surface area contributed by atoms with E-state index in [-0.39, 0.29) is 18.6 Å². The minimum atomic E-state index is -0.333. The molecule has 0 heterocycles. The van der Waals surface area contributed by atoms with Crippen LogP contribution in [0.25, 0.3) is 0 Å². The average molecular weight is 278 g/mol. The van der Waals surface area contributed by atoms with E-state index in [0.29, 0.717) is 19.1 Å². The Hall–Kier alpha value is -0.580. The molecule has 0 radical (unpaired) electrons. The van der Waals surface area contributed by atoms with Gasteiger partial charge in [0, 0.05) is 13.1 Å². The van der Waals surface area contributed by atoms with Gasteiger partial charge in [0.05, 0.1) is 13.2 Å². The molecule has 0 bridgehead atoms. The van der Waals surface area contributed by atoms with Gasteiger partial charge in [-0.1, -0.05) is 25.5 Å². The predicted molar refractivity (Wildman–Crippen MR) is 73.5 cm³/mol. The third-order valence-corrected chi connectivity index (χ3v) is 2.63. The molecule has 0 aliphatic carbocycles. The highest BCUT2D eigenvalue weighted by atomic mass is 35.5. The summed E-state index contributed by atoms with van der Waals surface area (Å²) < 4.78 is 11.7. The molecule has 0 saturated heterocycles. The van der Waals surface area contributed by atoms with Gasteiger partial charge in [0.15, 0.2) is 0 Å². The number of nitrogens with zero attached hydrogens (tertiary/aromatic N) is 1. The summed E-state index contributed by atoms with van der Waals surface area (Å²) in [6.45, 7) is 8.71. The van der Waals surface area contributed by atoms with Crippen LogP contribution in [0.1, 0.15) is 27.7 Å². The number of esters is 1. The fraction of sp³-hybridized carbons (Fsp3) is 0.769. The standard InChI is InChI=1S/C13H24ClNO3/c1-6-18-13(16)9-17-8-11(4)7-12(10(2)3)15(5)14/h7,10,12H,6,8-9H2,1-5H3/b11-7+/t12-/m1/s1. The Morgan fingerprint density at radius 2 is 2.00 bits per heavy atom. The van der Waals surface area contributed by atoms with Crippen molar-refractivity contribution < 1.29 is 14.3 Å². The topological polar surface area (TPSA) is 38.8 Å². The number of halogens is 1. The Morgan fingerprint density at radius 1 is 1.39 bits per heavy atom. The van der Waals surface area contributed by atoms with Crippen molar-refractivity contribution in [2.24, 2.45) is 5.92 Å². The lowest BCUT2D eigenvalue weighted by Gasteiger charge is -2.23. The van der Waals surface area contributed by atoms with Crippen LogP contribution in [-0.4, -0.2) is 43.3 Å². The van der Waals surface area contributed by atoms with E-state index < -0.39 is 0 Å². The maximum Gasteiger partial charge on any atom is 0.332 e. The van der Waals surface area contributed by atoms with Gasteiger partial charge in [-0.15, -0.1) is 0 Å². The van der Waals surface area contributed by atoms with Crippen molar-refractivity contribution in [1.29, 1.82) is 0 Å². The van der Waals surface area contributed by atoms with Crippen LogP contribution < -0.4 is 0 Å². The van der Waals surface area contributed by atoms with Crippen LogP contribution in [0.4, 0.5) is 0 Å². The zero-order valence-corrected chi connectivity index (χ0v) is 12.7. The van der Waals surface area contributed by atoms with Crippen LogP contribution in [0.3, 0.4) is 0 Å². The van der Waals surface area contributed by atoms with E-state index in [1.165, 1.54) is 0 Å². The van der Waals surface area contributed by atoms with Crippen LogP contribution in [-0.2, 0) is 14.3 Å². The molecular weight excluding hydrogens is 254 g/mol. The van der Waals surface area contributed by atoms with Gasteiger partial charge in [0.2, 0.25) is 0 Å². The molecule has 0 rings (SSSR count). The molecule has 1 atom stereocenters. The third-order valence-electron chi connectivity index (χ3n) is 2.40. The molecule has 0 saturated carbocycles. The molecule has 18 heavy (non-hydrogen) atoms. The molecule has 106 valence electrons. The summed E-state index contributed by atoms with van der Waals surface area (Å²) in [6.07, 6.45) is 2.06. The molecule has 5 heteroatoms. The van der Waals surface area contributed by atoms with E-state index in [2.05, 4.69) is 19.9 Å². The molecule has 0 aromatic carbocycles. The Kier molecular flexibility index (Phi) is 9.06. The lowest BCUT2D eigenvalue weighted by Crippen LogP contribution is -2.27. The highest BCUT2D eigenvalue weighted by Gasteiger charge is 2.14. The van der Waals surface area contributed by atoms with Crippen LogP contribution in [0.5, 0.6) is 0 Å². The number of ether oxygens (including phenoxy) is 2. The van der Waals surface area contributed by atoms with Gasteiger partial charge >= 0.3 is 5.97 Å². The molecule has 0 aliphatic rings. The first kappa shape index (κ1) is 17.4. The normalized spacial score (nSPS) is 14.1. The average Bonchev–Trinajstić information content (AvgIpc) is 2.25. The fourth-order valence-corrected chi connectivity index (χ4v) is 1.83. The van der Waals surface area contributed by atoms with Gasteiger partial charge in [0.1, 0.15) is 6.61 Å². The first-order valence-electron chi connectivity index (χ1n) is 6.17. The van der Waals surface area contributed by atoms with Crippen LogP contribution in [0.2, 0.25) is 0 Å². The number of rotatable bonds is 8. The molecule has 0 fully saturated rings. The zero-order valence-electron chi connectivity index (χ0n) is 11.9. The predicted octanol–water partition coefficient (Wildman–Crippen LogP) is 2.62.